The molecule has 146 valence electrons. The first-order chi connectivity index (χ1) is 13.4. The molecular weight excluding hydrogens is 360 g/mol. The predicted octanol–water partition coefficient (Wildman–Crippen LogP) is 2.98. The first kappa shape index (κ1) is 19.3. The molecule has 0 unspecified atom stereocenters. The Balaban J connectivity index is 1.75. The third kappa shape index (κ3) is 4.64. The minimum Gasteiger partial charge on any atom is -0.382 e. The maximum atomic E-state index is 12.7. The largest absolute Gasteiger partial charge is 0.382 e. The fourth-order valence-electron chi connectivity index (χ4n) is 3.31. The first-order valence-electron chi connectivity index (χ1n) is 9.16. The Kier molecular flexibility index (Phi) is 5.88. The van der Waals surface area contributed by atoms with Gasteiger partial charge >= 0.3 is 0 Å². The number of hydrogen-bond donors (Lipinski definition) is 3. The number of rotatable bonds is 7. The Labute approximate surface area is 162 Å². The van der Waals surface area contributed by atoms with Crippen LogP contribution in [0.1, 0.15) is 52.0 Å². The van der Waals surface area contributed by atoms with Gasteiger partial charge in [0, 0.05) is 36.0 Å². The van der Waals surface area contributed by atoms with Crippen molar-refractivity contribution >= 4 is 23.2 Å². The number of non-ortho nitro benzene ring substituents is 1. The molecule has 8 nitrogen and oxygen atoms in total. The quantitative estimate of drug-likeness (QED) is 0.501. The zero-order chi connectivity index (χ0) is 20.1. The van der Waals surface area contributed by atoms with Crippen molar-refractivity contribution in [3.8, 4) is 0 Å². The molecule has 3 rings (SSSR count). The molecule has 1 aliphatic carbocycles. The van der Waals surface area contributed by atoms with Crippen molar-refractivity contribution in [3.05, 3.63) is 69.3 Å². The van der Waals surface area contributed by atoms with E-state index >= 15 is 0 Å². The summed E-state index contributed by atoms with van der Waals surface area (Å²) >= 11 is 0. The highest BCUT2D eigenvalue weighted by Crippen LogP contribution is 2.27. The van der Waals surface area contributed by atoms with Crippen molar-refractivity contribution in [2.75, 3.05) is 5.32 Å². The molecule has 0 radical (unpaired) electrons. The highest BCUT2D eigenvalue weighted by atomic mass is 16.6. The Morgan fingerprint density at radius 3 is 2.39 bits per heavy atom. The molecule has 1 fully saturated rings. The summed E-state index contributed by atoms with van der Waals surface area (Å²) in [4.78, 5) is 34.4. The van der Waals surface area contributed by atoms with Gasteiger partial charge in [-0.05, 0) is 36.6 Å². The molecule has 1 aliphatic rings. The van der Waals surface area contributed by atoms with Crippen molar-refractivity contribution < 1.29 is 14.5 Å². The molecule has 0 aliphatic heterocycles. The second-order valence-corrected chi connectivity index (χ2v) is 6.86. The normalized spacial score (nSPS) is 13.9. The molecule has 0 bridgehead atoms. The molecule has 0 saturated heterocycles. The van der Waals surface area contributed by atoms with Crippen LogP contribution in [-0.4, -0.2) is 22.8 Å². The van der Waals surface area contributed by atoms with Crippen LogP contribution >= 0.6 is 0 Å². The second-order valence-electron chi connectivity index (χ2n) is 6.86. The summed E-state index contributed by atoms with van der Waals surface area (Å²) in [7, 11) is 0. The van der Waals surface area contributed by atoms with E-state index in [2.05, 4.69) is 10.6 Å². The van der Waals surface area contributed by atoms with Gasteiger partial charge in [-0.1, -0.05) is 25.0 Å². The van der Waals surface area contributed by atoms with Crippen molar-refractivity contribution in [2.45, 2.75) is 38.3 Å². The van der Waals surface area contributed by atoms with Crippen LogP contribution in [0.3, 0.4) is 0 Å². The van der Waals surface area contributed by atoms with Crippen LogP contribution in [0.15, 0.2) is 42.5 Å². The zero-order valence-electron chi connectivity index (χ0n) is 15.3. The van der Waals surface area contributed by atoms with Gasteiger partial charge in [0.15, 0.2) is 0 Å². The number of carbonyl (C=O) groups excluding carboxylic acids is 2. The van der Waals surface area contributed by atoms with E-state index in [0.717, 1.165) is 31.2 Å². The lowest BCUT2D eigenvalue weighted by atomic mass is 10.1. The van der Waals surface area contributed by atoms with Crippen LogP contribution in [-0.2, 0) is 6.54 Å². The number of nitro benzene ring substituents is 1. The third-order valence-corrected chi connectivity index (χ3v) is 4.86. The topological polar surface area (TPSA) is 127 Å². The standard InChI is InChI=1S/C20H22N4O4/c21-19(25)14-7-5-13(6-8-14)12-22-20(26)17-11-16(24(27)28)9-10-18(17)23-15-3-1-2-4-15/h5-11,15,23H,1-4,12H2,(H2,21,25)(H,22,26). The van der Waals surface area contributed by atoms with Crippen molar-refractivity contribution in [1.82, 2.24) is 5.32 Å². The maximum Gasteiger partial charge on any atom is 0.270 e. The third-order valence-electron chi connectivity index (χ3n) is 4.86. The summed E-state index contributed by atoms with van der Waals surface area (Å²) in [5.74, 6) is -0.919. The molecule has 2 aromatic rings. The number of carbonyl (C=O) groups is 2. The minimum absolute atomic E-state index is 0.132. The molecule has 1 saturated carbocycles. The maximum absolute atomic E-state index is 12.7. The molecular formula is C20H22N4O4. The zero-order valence-corrected chi connectivity index (χ0v) is 15.3. The van der Waals surface area contributed by atoms with Crippen LogP contribution in [0.4, 0.5) is 11.4 Å². The summed E-state index contributed by atoms with van der Waals surface area (Å²) in [6.07, 6.45) is 4.30. The van der Waals surface area contributed by atoms with Crippen LogP contribution in [0.25, 0.3) is 0 Å². The number of nitrogens with zero attached hydrogens (tertiary/aromatic N) is 1. The number of benzene rings is 2. The summed E-state index contributed by atoms with van der Waals surface area (Å²) in [6.45, 7) is 0.226. The smallest absolute Gasteiger partial charge is 0.270 e. The second kappa shape index (κ2) is 8.51. The van der Waals surface area contributed by atoms with Crippen molar-refractivity contribution in [1.29, 1.82) is 0 Å². The van der Waals surface area contributed by atoms with E-state index < -0.39 is 16.7 Å². The minimum atomic E-state index is -0.519. The molecule has 0 spiro atoms. The van der Waals surface area contributed by atoms with Crippen molar-refractivity contribution in [3.63, 3.8) is 0 Å². The monoisotopic (exact) mass is 382 g/mol. The number of primary amides is 1. The van der Waals surface area contributed by atoms with Gasteiger partial charge in [-0.2, -0.15) is 0 Å². The van der Waals surface area contributed by atoms with Gasteiger partial charge in [-0.3, -0.25) is 19.7 Å². The average molecular weight is 382 g/mol. The summed E-state index contributed by atoms with van der Waals surface area (Å²) in [6, 6.07) is 11.1. The lowest BCUT2D eigenvalue weighted by Crippen LogP contribution is -2.25. The Morgan fingerprint density at radius 1 is 1.11 bits per heavy atom. The Hall–Kier alpha value is -3.42. The molecule has 0 heterocycles. The number of nitro groups is 1. The molecule has 8 heteroatoms. The van der Waals surface area contributed by atoms with Gasteiger partial charge in [-0.15, -0.1) is 0 Å². The van der Waals surface area contributed by atoms with Crippen LogP contribution in [0.5, 0.6) is 0 Å². The fraction of sp³-hybridized carbons (Fsp3) is 0.300. The predicted molar refractivity (Wildman–Crippen MR) is 105 cm³/mol. The number of anilines is 1. The SMILES string of the molecule is NC(=O)c1ccc(CNC(=O)c2cc([N+](=O)[O-])ccc2NC2CCCC2)cc1. The lowest BCUT2D eigenvalue weighted by Gasteiger charge is -2.17. The Morgan fingerprint density at radius 2 is 1.79 bits per heavy atom. The molecule has 28 heavy (non-hydrogen) atoms. The van der Waals surface area contributed by atoms with Gasteiger partial charge in [0.25, 0.3) is 11.6 Å². The van der Waals surface area contributed by atoms with Crippen LogP contribution < -0.4 is 16.4 Å². The molecule has 0 atom stereocenters. The highest BCUT2D eigenvalue weighted by molar-refractivity contribution is 6.00. The van der Waals surface area contributed by atoms with Gasteiger partial charge < -0.3 is 16.4 Å². The van der Waals surface area contributed by atoms with Gasteiger partial charge in [0.1, 0.15) is 0 Å². The highest BCUT2D eigenvalue weighted by Gasteiger charge is 2.21. The Bertz CT molecular complexity index is 890. The van der Waals surface area contributed by atoms with Crippen LogP contribution in [0.2, 0.25) is 0 Å². The summed E-state index contributed by atoms with van der Waals surface area (Å²) in [5, 5.41) is 17.2. The van der Waals surface area contributed by atoms with Gasteiger partial charge in [0.05, 0.1) is 10.5 Å². The summed E-state index contributed by atoms with van der Waals surface area (Å²) < 4.78 is 0. The van der Waals surface area contributed by atoms with E-state index in [0.29, 0.717) is 11.3 Å². The van der Waals surface area contributed by atoms with Gasteiger partial charge in [0.2, 0.25) is 5.91 Å². The summed E-state index contributed by atoms with van der Waals surface area (Å²) in [5.41, 5.74) is 7.10. The van der Waals surface area contributed by atoms with E-state index in [1.54, 1.807) is 30.3 Å². The number of hydrogen-bond acceptors (Lipinski definition) is 5. The molecule has 4 N–H and O–H groups in total. The van der Waals surface area contributed by atoms with Crippen LogP contribution in [0, 0.1) is 10.1 Å². The number of amides is 2. The molecule has 0 aromatic heterocycles. The fourth-order valence-corrected chi connectivity index (χ4v) is 3.31. The van der Waals surface area contributed by atoms with E-state index in [4.69, 9.17) is 5.73 Å². The average Bonchev–Trinajstić information content (AvgIpc) is 3.19. The van der Waals surface area contributed by atoms with E-state index in [-0.39, 0.29) is 23.8 Å². The first-order valence-corrected chi connectivity index (χ1v) is 9.16. The van der Waals surface area contributed by atoms with E-state index in [9.17, 15) is 19.7 Å². The lowest BCUT2D eigenvalue weighted by molar-refractivity contribution is -0.384. The number of nitrogens with one attached hydrogen (secondary N) is 2. The van der Waals surface area contributed by atoms with E-state index in [1.807, 2.05) is 0 Å². The molecule has 2 aromatic carbocycles. The number of nitrogens with two attached hydrogens (primary N) is 1. The van der Waals surface area contributed by atoms with Gasteiger partial charge in [-0.25, -0.2) is 0 Å². The van der Waals surface area contributed by atoms with E-state index in [1.165, 1.54) is 12.1 Å². The molecule has 2 amide bonds. The van der Waals surface area contributed by atoms with Crippen molar-refractivity contribution in [2.24, 2.45) is 5.73 Å².